The van der Waals surface area contributed by atoms with Crippen LogP contribution in [-0.4, -0.2) is 27.9 Å². The summed E-state index contributed by atoms with van der Waals surface area (Å²) < 4.78 is 33.8. The summed E-state index contributed by atoms with van der Waals surface area (Å²) in [5.41, 5.74) is -0.102. The molecular weight excluding hydrogens is 386 g/mol. The minimum absolute atomic E-state index is 0.0966. The van der Waals surface area contributed by atoms with Gasteiger partial charge in [0, 0.05) is 11.8 Å². The maximum Gasteiger partial charge on any atom is 0.306 e. The molecule has 8 heteroatoms. The van der Waals surface area contributed by atoms with Gasteiger partial charge in [-0.25, -0.2) is 13.8 Å². The number of rotatable bonds is 7. The van der Waals surface area contributed by atoms with Crippen molar-refractivity contribution in [1.29, 1.82) is 0 Å². The van der Waals surface area contributed by atoms with Gasteiger partial charge >= 0.3 is 5.97 Å². The number of fused-ring (bicyclic) bond motifs is 1. The molecule has 0 aliphatic rings. The molecule has 1 heterocycles. The molecule has 2 aromatic carbocycles. The number of hydrogen-bond acceptors (Lipinski definition) is 5. The number of para-hydroxylation sites is 1. The number of nitrogens with zero attached hydrogens (tertiary/aromatic N) is 2. The predicted octanol–water partition coefficient (Wildman–Crippen LogP) is 4.10. The lowest BCUT2D eigenvalue weighted by molar-refractivity contribution is -0.143. The van der Waals surface area contributed by atoms with Crippen molar-refractivity contribution in [3.63, 3.8) is 0 Å². The predicted molar refractivity (Wildman–Crippen MR) is 104 cm³/mol. The number of ether oxygens (including phenoxy) is 1. The fourth-order valence-electron chi connectivity index (χ4n) is 2.60. The van der Waals surface area contributed by atoms with E-state index in [2.05, 4.69) is 4.98 Å². The van der Waals surface area contributed by atoms with Crippen LogP contribution in [0, 0.1) is 11.6 Å². The standard InChI is InChI=1S/C20H18F2N2O3S/c1-2-10-27-18(25)9-11-28-20-23-16-6-4-3-5-14(16)19(26)24(20)17-8-7-13(21)12-15(17)22/h3-8,12H,2,9-11H2,1H3. The SMILES string of the molecule is CCCOC(=O)CCSc1nc2ccccc2c(=O)n1-c1ccc(F)cc1F. The van der Waals surface area contributed by atoms with Crippen LogP contribution >= 0.6 is 11.8 Å². The Hall–Kier alpha value is -2.74. The van der Waals surface area contributed by atoms with E-state index >= 15 is 0 Å². The highest BCUT2D eigenvalue weighted by atomic mass is 32.2. The first-order chi connectivity index (χ1) is 13.5. The summed E-state index contributed by atoms with van der Waals surface area (Å²) in [5, 5.41) is 0.537. The molecule has 3 aromatic rings. The summed E-state index contributed by atoms with van der Waals surface area (Å²) >= 11 is 1.14. The third-order valence-corrected chi connectivity index (χ3v) is 4.84. The first-order valence-electron chi connectivity index (χ1n) is 8.77. The molecule has 0 radical (unpaired) electrons. The second-order valence-corrected chi connectivity index (χ2v) is 7.03. The molecule has 0 amide bonds. The number of esters is 1. The second kappa shape index (κ2) is 8.97. The van der Waals surface area contributed by atoms with E-state index in [4.69, 9.17) is 4.74 Å². The lowest BCUT2D eigenvalue weighted by atomic mass is 10.2. The Morgan fingerprint density at radius 3 is 2.75 bits per heavy atom. The smallest absolute Gasteiger partial charge is 0.306 e. The molecule has 0 bridgehead atoms. The maximum atomic E-state index is 14.4. The minimum atomic E-state index is -0.872. The van der Waals surface area contributed by atoms with Crippen LogP contribution in [0.4, 0.5) is 8.78 Å². The molecule has 0 aliphatic heterocycles. The van der Waals surface area contributed by atoms with E-state index < -0.39 is 17.2 Å². The van der Waals surface area contributed by atoms with E-state index in [1.807, 2.05) is 6.92 Å². The Morgan fingerprint density at radius 1 is 1.21 bits per heavy atom. The summed E-state index contributed by atoms with van der Waals surface area (Å²) in [7, 11) is 0. The van der Waals surface area contributed by atoms with Gasteiger partial charge in [0.2, 0.25) is 0 Å². The largest absolute Gasteiger partial charge is 0.466 e. The highest BCUT2D eigenvalue weighted by Crippen LogP contribution is 2.24. The molecular formula is C20H18F2N2O3S. The molecule has 1 aromatic heterocycles. The first-order valence-corrected chi connectivity index (χ1v) is 9.75. The fourth-order valence-corrected chi connectivity index (χ4v) is 3.52. The zero-order valence-corrected chi connectivity index (χ0v) is 16.0. The highest BCUT2D eigenvalue weighted by Gasteiger charge is 2.17. The Balaban J connectivity index is 2.00. The molecule has 146 valence electrons. The molecule has 0 atom stereocenters. The van der Waals surface area contributed by atoms with Crippen LogP contribution in [-0.2, 0) is 9.53 Å². The van der Waals surface area contributed by atoms with Crippen LogP contribution < -0.4 is 5.56 Å². The molecule has 0 saturated carbocycles. The van der Waals surface area contributed by atoms with Crippen molar-refractivity contribution in [2.45, 2.75) is 24.9 Å². The number of thioether (sulfide) groups is 1. The zero-order valence-electron chi connectivity index (χ0n) is 15.2. The first kappa shape index (κ1) is 20.0. The fraction of sp³-hybridized carbons (Fsp3) is 0.250. The lowest BCUT2D eigenvalue weighted by Gasteiger charge is -2.14. The molecule has 3 rings (SSSR count). The number of benzene rings is 2. The van der Waals surface area contributed by atoms with Crippen molar-refractivity contribution >= 4 is 28.6 Å². The topological polar surface area (TPSA) is 61.2 Å². The summed E-state index contributed by atoms with van der Waals surface area (Å²) in [5.74, 6) is -1.66. The average Bonchev–Trinajstić information content (AvgIpc) is 2.68. The normalized spacial score (nSPS) is 11.0. The van der Waals surface area contributed by atoms with Crippen molar-refractivity contribution in [3.8, 4) is 5.69 Å². The Labute approximate surface area is 164 Å². The molecule has 0 aliphatic carbocycles. The monoisotopic (exact) mass is 404 g/mol. The summed E-state index contributed by atoms with van der Waals surface area (Å²) in [6.07, 6.45) is 0.855. The van der Waals surface area contributed by atoms with Crippen LogP contribution in [0.3, 0.4) is 0 Å². The molecule has 5 nitrogen and oxygen atoms in total. The van der Waals surface area contributed by atoms with Crippen LogP contribution in [0.1, 0.15) is 19.8 Å². The second-order valence-electron chi connectivity index (χ2n) is 5.97. The third-order valence-electron chi connectivity index (χ3n) is 3.90. The van der Waals surface area contributed by atoms with E-state index in [9.17, 15) is 18.4 Å². The number of halogens is 2. The molecule has 0 fully saturated rings. The molecule has 0 spiro atoms. The number of carbonyl (C=O) groups is 1. The quantitative estimate of drug-likeness (QED) is 0.337. The summed E-state index contributed by atoms with van der Waals surface area (Å²) in [4.78, 5) is 29.1. The van der Waals surface area contributed by atoms with Crippen molar-refractivity contribution in [2.75, 3.05) is 12.4 Å². The summed E-state index contributed by atoms with van der Waals surface area (Å²) in [6.45, 7) is 2.25. The number of carbonyl (C=O) groups excluding carboxylic acids is 1. The van der Waals surface area contributed by atoms with Crippen LogP contribution in [0.15, 0.2) is 52.4 Å². The molecule has 28 heavy (non-hydrogen) atoms. The van der Waals surface area contributed by atoms with Gasteiger partial charge in [-0.15, -0.1) is 0 Å². The van der Waals surface area contributed by atoms with E-state index in [-0.39, 0.29) is 23.2 Å². The summed E-state index contributed by atoms with van der Waals surface area (Å²) in [6, 6.07) is 9.70. The Kier molecular flexibility index (Phi) is 6.41. The molecule has 0 N–H and O–H groups in total. The van der Waals surface area contributed by atoms with Gasteiger partial charge in [-0.1, -0.05) is 30.8 Å². The van der Waals surface area contributed by atoms with Gasteiger partial charge in [-0.2, -0.15) is 0 Å². The van der Waals surface area contributed by atoms with E-state index in [1.54, 1.807) is 24.3 Å². The van der Waals surface area contributed by atoms with Crippen LogP contribution in [0.5, 0.6) is 0 Å². The average molecular weight is 404 g/mol. The van der Waals surface area contributed by atoms with Gasteiger partial charge in [-0.05, 0) is 30.7 Å². The van der Waals surface area contributed by atoms with Gasteiger partial charge in [0.05, 0.1) is 29.6 Å². The zero-order chi connectivity index (χ0) is 20.1. The van der Waals surface area contributed by atoms with Gasteiger partial charge in [-0.3, -0.25) is 14.2 Å². The van der Waals surface area contributed by atoms with Crippen molar-refractivity contribution in [1.82, 2.24) is 9.55 Å². The van der Waals surface area contributed by atoms with Crippen molar-refractivity contribution in [3.05, 3.63) is 64.5 Å². The molecule has 0 saturated heterocycles. The van der Waals surface area contributed by atoms with Gasteiger partial charge in [0.15, 0.2) is 5.16 Å². The van der Waals surface area contributed by atoms with Crippen molar-refractivity contribution < 1.29 is 18.3 Å². The Morgan fingerprint density at radius 2 is 2.00 bits per heavy atom. The lowest BCUT2D eigenvalue weighted by Crippen LogP contribution is -2.23. The van der Waals surface area contributed by atoms with E-state index in [0.29, 0.717) is 29.3 Å². The van der Waals surface area contributed by atoms with Crippen molar-refractivity contribution in [2.24, 2.45) is 0 Å². The number of aromatic nitrogens is 2. The van der Waals surface area contributed by atoms with Gasteiger partial charge < -0.3 is 4.74 Å². The van der Waals surface area contributed by atoms with Crippen LogP contribution in [0.2, 0.25) is 0 Å². The molecule has 0 unspecified atom stereocenters. The number of hydrogen-bond donors (Lipinski definition) is 0. The van der Waals surface area contributed by atoms with E-state index in [0.717, 1.165) is 28.8 Å². The van der Waals surface area contributed by atoms with Gasteiger partial charge in [0.1, 0.15) is 11.6 Å². The third kappa shape index (κ3) is 4.39. The minimum Gasteiger partial charge on any atom is -0.466 e. The highest BCUT2D eigenvalue weighted by molar-refractivity contribution is 7.99. The van der Waals surface area contributed by atoms with Crippen LogP contribution in [0.25, 0.3) is 16.6 Å². The maximum absolute atomic E-state index is 14.4. The Bertz CT molecular complexity index is 1070. The van der Waals surface area contributed by atoms with Gasteiger partial charge in [0.25, 0.3) is 5.56 Å². The van der Waals surface area contributed by atoms with E-state index in [1.165, 1.54) is 6.07 Å².